The third kappa shape index (κ3) is 5.75. The van der Waals surface area contributed by atoms with Crippen molar-refractivity contribution in [2.24, 2.45) is 4.99 Å². The molecule has 3 rings (SSSR count). The molecule has 1 unspecified atom stereocenters. The molecule has 28 heavy (non-hydrogen) atoms. The number of nitrogens with one attached hydrogen (secondary N) is 3. The Bertz CT molecular complexity index is 840. The molecule has 0 bridgehead atoms. The van der Waals surface area contributed by atoms with E-state index in [4.69, 9.17) is 9.47 Å². The number of carbonyl (C=O) groups excluding carboxylic acids is 1. The Morgan fingerprint density at radius 3 is 2.75 bits per heavy atom. The first-order valence-corrected chi connectivity index (χ1v) is 11.1. The van der Waals surface area contributed by atoms with Crippen molar-refractivity contribution in [3.8, 4) is 11.5 Å². The van der Waals surface area contributed by atoms with Gasteiger partial charge in [0.1, 0.15) is 0 Å². The van der Waals surface area contributed by atoms with Crippen molar-refractivity contribution in [2.45, 2.75) is 25.3 Å². The van der Waals surface area contributed by atoms with Crippen LogP contribution in [-0.4, -0.2) is 64.8 Å². The number of fused-ring (bicyclic) bond motifs is 1. The molecule has 9 nitrogen and oxygen atoms in total. The molecule has 1 amide bonds. The summed E-state index contributed by atoms with van der Waals surface area (Å²) in [6.07, 6.45) is 1.53. The summed E-state index contributed by atoms with van der Waals surface area (Å²) in [5, 5.41) is 9.05. The van der Waals surface area contributed by atoms with Crippen molar-refractivity contribution < 1.29 is 22.7 Å². The summed E-state index contributed by atoms with van der Waals surface area (Å²) in [5.41, 5.74) is 1.12. The molecule has 0 aliphatic carbocycles. The van der Waals surface area contributed by atoms with Crippen molar-refractivity contribution in [1.29, 1.82) is 0 Å². The SMILES string of the molecule is CN=C(NCCC(=O)NC1CCS(=O)(=O)C1)NCCc1ccc2c(c1)OCO2. The van der Waals surface area contributed by atoms with Gasteiger partial charge in [-0.15, -0.1) is 0 Å². The van der Waals surface area contributed by atoms with Gasteiger partial charge in [0.2, 0.25) is 12.7 Å². The minimum absolute atomic E-state index is 0.0370. The van der Waals surface area contributed by atoms with Crippen LogP contribution >= 0.6 is 0 Å². The molecule has 2 aliphatic heterocycles. The average molecular weight is 410 g/mol. The zero-order valence-electron chi connectivity index (χ0n) is 15.9. The summed E-state index contributed by atoms with van der Waals surface area (Å²) in [7, 11) is -1.32. The molecule has 0 spiro atoms. The van der Waals surface area contributed by atoms with Crippen LogP contribution in [0.15, 0.2) is 23.2 Å². The van der Waals surface area contributed by atoms with Crippen molar-refractivity contribution in [3.05, 3.63) is 23.8 Å². The zero-order valence-corrected chi connectivity index (χ0v) is 16.7. The van der Waals surface area contributed by atoms with Gasteiger partial charge in [0.05, 0.1) is 11.5 Å². The van der Waals surface area contributed by atoms with Gasteiger partial charge < -0.3 is 25.4 Å². The fraction of sp³-hybridized carbons (Fsp3) is 0.556. The lowest BCUT2D eigenvalue weighted by Gasteiger charge is -2.13. The monoisotopic (exact) mass is 410 g/mol. The Labute approximate surface area is 164 Å². The molecular weight excluding hydrogens is 384 g/mol. The van der Waals surface area contributed by atoms with E-state index in [2.05, 4.69) is 20.9 Å². The molecule has 0 aromatic heterocycles. The maximum atomic E-state index is 11.9. The van der Waals surface area contributed by atoms with E-state index in [-0.39, 0.29) is 36.7 Å². The van der Waals surface area contributed by atoms with Gasteiger partial charge in [-0.3, -0.25) is 9.79 Å². The van der Waals surface area contributed by atoms with Gasteiger partial charge in [0.25, 0.3) is 0 Å². The summed E-state index contributed by atoms with van der Waals surface area (Å²) in [6, 6.07) is 5.60. The Kier molecular flexibility index (Phi) is 6.61. The summed E-state index contributed by atoms with van der Waals surface area (Å²) in [6.45, 7) is 1.35. The third-order valence-corrected chi connectivity index (χ3v) is 6.38. The standard InChI is InChI=1S/C18H26N4O5S/c1-19-18(20-7-4-13-2-3-15-16(10-13)27-12-26-15)21-8-5-17(23)22-14-6-9-28(24,25)11-14/h2-3,10,14H,4-9,11-12H2,1H3,(H,22,23)(H2,19,20,21). The van der Waals surface area contributed by atoms with Crippen LogP contribution in [0, 0.1) is 0 Å². The van der Waals surface area contributed by atoms with Gasteiger partial charge in [-0.05, 0) is 30.5 Å². The normalized spacial score (nSPS) is 20.0. The van der Waals surface area contributed by atoms with E-state index in [0.717, 1.165) is 23.5 Å². The highest BCUT2D eigenvalue weighted by molar-refractivity contribution is 7.91. The molecule has 1 aromatic rings. The average Bonchev–Trinajstić information content (AvgIpc) is 3.25. The zero-order chi connectivity index (χ0) is 20.0. The number of sulfone groups is 1. The van der Waals surface area contributed by atoms with Crippen LogP contribution < -0.4 is 25.4 Å². The third-order valence-electron chi connectivity index (χ3n) is 4.61. The Morgan fingerprint density at radius 2 is 2.00 bits per heavy atom. The van der Waals surface area contributed by atoms with Crippen LogP contribution in [0.4, 0.5) is 0 Å². The second-order valence-corrected chi connectivity index (χ2v) is 9.01. The van der Waals surface area contributed by atoms with Crippen LogP contribution in [0.25, 0.3) is 0 Å². The molecule has 2 aliphatic rings. The first kappa shape index (κ1) is 20.2. The lowest BCUT2D eigenvalue weighted by atomic mass is 10.1. The highest BCUT2D eigenvalue weighted by atomic mass is 32.2. The van der Waals surface area contributed by atoms with E-state index in [1.54, 1.807) is 7.05 Å². The van der Waals surface area contributed by atoms with E-state index < -0.39 is 9.84 Å². The number of benzene rings is 1. The van der Waals surface area contributed by atoms with Crippen LogP contribution in [-0.2, 0) is 21.1 Å². The van der Waals surface area contributed by atoms with E-state index in [0.29, 0.717) is 25.5 Å². The predicted octanol–water partition coefficient (Wildman–Crippen LogP) is -0.184. The molecule has 0 saturated carbocycles. The Hall–Kier alpha value is -2.49. The first-order valence-electron chi connectivity index (χ1n) is 9.28. The fourth-order valence-corrected chi connectivity index (χ4v) is 4.82. The number of hydrogen-bond donors (Lipinski definition) is 3. The summed E-state index contributed by atoms with van der Waals surface area (Å²) in [4.78, 5) is 16.1. The van der Waals surface area contributed by atoms with E-state index in [1.807, 2.05) is 18.2 Å². The van der Waals surface area contributed by atoms with Gasteiger partial charge in [-0.1, -0.05) is 6.07 Å². The van der Waals surface area contributed by atoms with Gasteiger partial charge in [0.15, 0.2) is 27.3 Å². The topological polar surface area (TPSA) is 118 Å². The fourth-order valence-electron chi connectivity index (χ4n) is 3.15. The summed E-state index contributed by atoms with van der Waals surface area (Å²) >= 11 is 0. The molecule has 3 N–H and O–H groups in total. The van der Waals surface area contributed by atoms with Gasteiger partial charge >= 0.3 is 0 Å². The molecule has 10 heteroatoms. The molecule has 1 saturated heterocycles. The van der Waals surface area contributed by atoms with Gasteiger partial charge in [0, 0.05) is 32.6 Å². The van der Waals surface area contributed by atoms with Gasteiger partial charge in [-0.25, -0.2) is 8.42 Å². The van der Waals surface area contributed by atoms with E-state index in [9.17, 15) is 13.2 Å². The summed E-state index contributed by atoms with van der Waals surface area (Å²) < 4.78 is 33.5. The van der Waals surface area contributed by atoms with Crippen molar-refractivity contribution in [3.63, 3.8) is 0 Å². The number of guanidine groups is 1. The quantitative estimate of drug-likeness (QED) is 0.421. The molecule has 1 fully saturated rings. The van der Waals surface area contributed by atoms with E-state index >= 15 is 0 Å². The second-order valence-electron chi connectivity index (χ2n) is 6.78. The van der Waals surface area contributed by atoms with Crippen molar-refractivity contribution in [1.82, 2.24) is 16.0 Å². The molecule has 0 radical (unpaired) electrons. The van der Waals surface area contributed by atoms with Crippen LogP contribution in [0.2, 0.25) is 0 Å². The first-order chi connectivity index (χ1) is 13.4. The minimum Gasteiger partial charge on any atom is -0.454 e. The van der Waals surface area contributed by atoms with Crippen LogP contribution in [0.5, 0.6) is 11.5 Å². The maximum absolute atomic E-state index is 11.9. The predicted molar refractivity (Wildman–Crippen MR) is 105 cm³/mol. The number of hydrogen-bond acceptors (Lipinski definition) is 6. The number of amides is 1. The minimum atomic E-state index is -2.99. The largest absolute Gasteiger partial charge is 0.454 e. The Balaban J connectivity index is 1.33. The summed E-state index contributed by atoms with van der Waals surface area (Å²) in [5.74, 6) is 2.16. The second kappa shape index (κ2) is 9.13. The molecule has 1 aromatic carbocycles. The molecule has 1 atom stereocenters. The lowest BCUT2D eigenvalue weighted by Crippen LogP contribution is -2.41. The Morgan fingerprint density at radius 1 is 1.21 bits per heavy atom. The van der Waals surface area contributed by atoms with Gasteiger partial charge in [-0.2, -0.15) is 0 Å². The highest BCUT2D eigenvalue weighted by Gasteiger charge is 2.28. The number of carbonyl (C=O) groups is 1. The van der Waals surface area contributed by atoms with E-state index in [1.165, 1.54) is 0 Å². The number of aliphatic imine (C=N–C) groups is 1. The smallest absolute Gasteiger partial charge is 0.231 e. The van der Waals surface area contributed by atoms with Crippen LogP contribution in [0.1, 0.15) is 18.4 Å². The number of ether oxygens (including phenoxy) is 2. The number of rotatable bonds is 7. The van der Waals surface area contributed by atoms with Crippen LogP contribution in [0.3, 0.4) is 0 Å². The van der Waals surface area contributed by atoms with Crippen molar-refractivity contribution >= 4 is 21.7 Å². The highest BCUT2D eigenvalue weighted by Crippen LogP contribution is 2.32. The molecule has 154 valence electrons. The molecular formula is C18H26N4O5S. The van der Waals surface area contributed by atoms with Crippen molar-refractivity contribution in [2.75, 3.05) is 38.4 Å². The lowest BCUT2D eigenvalue weighted by molar-refractivity contribution is -0.121. The number of nitrogens with zero attached hydrogens (tertiary/aromatic N) is 1. The molecule has 2 heterocycles. The maximum Gasteiger partial charge on any atom is 0.231 e.